The van der Waals surface area contributed by atoms with Crippen molar-refractivity contribution >= 4 is 27.3 Å². The van der Waals surface area contributed by atoms with Crippen molar-refractivity contribution < 1.29 is 13.2 Å². The molecule has 0 bridgehead atoms. The predicted octanol–water partition coefficient (Wildman–Crippen LogP) is 2.77. The molecule has 7 heteroatoms. The van der Waals surface area contributed by atoms with Gasteiger partial charge >= 0.3 is 0 Å². The Morgan fingerprint density at radius 2 is 1.59 bits per heavy atom. The lowest BCUT2D eigenvalue weighted by atomic mass is 10.2. The van der Waals surface area contributed by atoms with Gasteiger partial charge in [-0.3, -0.25) is 9.52 Å². The van der Waals surface area contributed by atoms with E-state index in [1.54, 1.807) is 38.1 Å². The summed E-state index contributed by atoms with van der Waals surface area (Å²) in [6.45, 7) is 8.27. The Hall–Kier alpha value is -2.54. The van der Waals surface area contributed by atoms with Crippen LogP contribution in [0.5, 0.6) is 0 Å². The van der Waals surface area contributed by atoms with Crippen molar-refractivity contribution in [1.82, 2.24) is 4.90 Å². The Balaban J connectivity index is 1.70. The second-order valence-corrected chi connectivity index (χ2v) is 8.57. The highest BCUT2D eigenvalue weighted by atomic mass is 32.2. The van der Waals surface area contributed by atoms with E-state index in [1.807, 2.05) is 30.0 Å². The van der Waals surface area contributed by atoms with Crippen LogP contribution in [0, 0.1) is 13.8 Å². The molecule has 144 valence electrons. The fourth-order valence-electron chi connectivity index (χ4n) is 3.33. The summed E-state index contributed by atoms with van der Waals surface area (Å²) >= 11 is 0. The van der Waals surface area contributed by atoms with Crippen LogP contribution in [0.1, 0.15) is 18.1 Å². The number of carbonyl (C=O) groups is 1. The minimum absolute atomic E-state index is 0.103. The summed E-state index contributed by atoms with van der Waals surface area (Å²) in [5.74, 6) is 0.103. The van der Waals surface area contributed by atoms with Crippen LogP contribution >= 0.6 is 0 Å². The molecule has 1 heterocycles. The van der Waals surface area contributed by atoms with Crippen LogP contribution in [-0.2, 0) is 14.8 Å². The van der Waals surface area contributed by atoms with E-state index in [-0.39, 0.29) is 10.8 Å². The second kappa shape index (κ2) is 7.60. The number of rotatable bonds is 4. The molecule has 2 aromatic carbocycles. The Kier molecular flexibility index (Phi) is 5.41. The third-order valence-electron chi connectivity index (χ3n) is 4.83. The van der Waals surface area contributed by atoms with Gasteiger partial charge in [-0.05, 0) is 49.7 Å². The number of aryl methyl sites for hydroxylation is 2. The number of piperazine rings is 1. The van der Waals surface area contributed by atoms with Gasteiger partial charge in [0.05, 0.1) is 4.90 Å². The number of hydrogen-bond donors (Lipinski definition) is 1. The minimum Gasteiger partial charge on any atom is -0.368 e. The zero-order valence-electron chi connectivity index (χ0n) is 15.9. The van der Waals surface area contributed by atoms with Gasteiger partial charge in [-0.15, -0.1) is 0 Å². The molecule has 1 N–H and O–H groups in total. The Labute approximate surface area is 160 Å². The maximum absolute atomic E-state index is 12.7. The first-order chi connectivity index (χ1) is 12.8. The van der Waals surface area contributed by atoms with Crippen molar-refractivity contribution in [2.45, 2.75) is 25.7 Å². The van der Waals surface area contributed by atoms with E-state index >= 15 is 0 Å². The molecule has 1 aliphatic rings. The average molecular weight is 388 g/mol. The standard InChI is InChI=1S/C20H25N3O3S/c1-15-4-9-20(16(2)14-15)27(25,26)21-18-5-7-19(8-6-18)23-12-10-22(11-13-23)17(3)24/h4-9,14,21H,10-13H2,1-3H3. The maximum atomic E-state index is 12.7. The van der Waals surface area contributed by atoms with Crippen LogP contribution in [-0.4, -0.2) is 45.4 Å². The SMILES string of the molecule is CC(=O)N1CCN(c2ccc(NS(=O)(=O)c3ccc(C)cc3C)cc2)CC1. The number of nitrogens with one attached hydrogen (secondary N) is 1. The molecule has 1 amide bonds. The van der Waals surface area contributed by atoms with E-state index < -0.39 is 10.0 Å². The van der Waals surface area contributed by atoms with Gasteiger partial charge in [0.1, 0.15) is 0 Å². The average Bonchev–Trinajstić information content (AvgIpc) is 2.62. The molecule has 1 saturated heterocycles. The predicted molar refractivity (Wildman–Crippen MR) is 108 cm³/mol. The molecule has 3 rings (SSSR count). The van der Waals surface area contributed by atoms with Gasteiger partial charge in [0.2, 0.25) is 5.91 Å². The number of anilines is 2. The number of hydrogen-bond acceptors (Lipinski definition) is 4. The Bertz CT molecular complexity index is 931. The van der Waals surface area contributed by atoms with E-state index in [0.717, 1.165) is 29.9 Å². The number of sulfonamides is 1. The molecule has 0 saturated carbocycles. The third kappa shape index (κ3) is 4.42. The third-order valence-corrected chi connectivity index (χ3v) is 6.37. The first kappa shape index (κ1) is 19.2. The minimum atomic E-state index is -3.62. The molecule has 2 aromatic rings. The molecule has 0 spiro atoms. The molecular formula is C20H25N3O3S. The fourth-order valence-corrected chi connectivity index (χ4v) is 4.62. The van der Waals surface area contributed by atoms with E-state index in [4.69, 9.17) is 0 Å². The second-order valence-electron chi connectivity index (χ2n) is 6.91. The summed E-state index contributed by atoms with van der Waals surface area (Å²) in [4.78, 5) is 15.7. The normalized spacial score (nSPS) is 14.9. The van der Waals surface area contributed by atoms with Crippen molar-refractivity contribution in [2.24, 2.45) is 0 Å². The van der Waals surface area contributed by atoms with Crippen LogP contribution in [0.15, 0.2) is 47.4 Å². The lowest BCUT2D eigenvalue weighted by molar-refractivity contribution is -0.129. The summed E-state index contributed by atoms with van der Waals surface area (Å²) in [5, 5.41) is 0. The summed E-state index contributed by atoms with van der Waals surface area (Å²) in [6, 6.07) is 12.6. The number of amides is 1. The van der Waals surface area contributed by atoms with E-state index in [1.165, 1.54) is 0 Å². The van der Waals surface area contributed by atoms with Crippen LogP contribution in [0.3, 0.4) is 0 Å². The van der Waals surface area contributed by atoms with Crippen molar-refractivity contribution in [3.8, 4) is 0 Å². The lowest BCUT2D eigenvalue weighted by Crippen LogP contribution is -2.48. The summed E-state index contributed by atoms with van der Waals surface area (Å²) in [7, 11) is -3.62. The maximum Gasteiger partial charge on any atom is 0.262 e. The first-order valence-electron chi connectivity index (χ1n) is 8.97. The van der Waals surface area contributed by atoms with E-state index in [9.17, 15) is 13.2 Å². The monoisotopic (exact) mass is 387 g/mol. The van der Waals surface area contributed by atoms with Crippen LogP contribution in [0.4, 0.5) is 11.4 Å². The highest BCUT2D eigenvalue weighted by molar-refractivity contribution is 7.92. The molecule has 1 fully saturated rings. The molecule has 0 atom stereocenters. The number of nitrogens with zero attached hydrogens (tertiary/aromatic N) is 2. The van der Waals surface area contributed by atoms with Crippen LogP contribution < -0.4 is 9.62 Å². The van der Waals surface area contributed by atoms with Crippen molar-refractivity contribution in [3.05, 3.63) is 53.6 Å². The zero-order chi connectivity index (χ0) is 19.6. The lowest BCUT2D eigenvalue weighted by Gasteiger charge is -2.35. The Morgan fingerprint density at radius 1 is 0.963 bits per heavy atom. The number of benzene rings is 2. The topological polar surface area (TPSA) is 69.7 Å². The summed E-state index contributed by atoms with van der Waals surface area (Å²) in [5.41, 5.74) is 3.30. The molecule has 0 radical (unpaired) electrons. The quantitative estimate of drug-likeness (QED) is 0.876. The molecule has 1 aliphatic heterocycles. The molecule has 0 unspecified atom stereocenters. The van der Waals surface area contributed by atoms with Gasteiger partial charge < -0.3 is 9.80 Å². The smallest absolute Gasteiger partial charge is 0.262 e. The summed E-state index contributed by atoms with van der Waals surface area (Å²) in [6.07, 6.45) is 0. The fraction of sp³-hybridized carbons (Fsp3) is 0.350. The van der Waals surface area contributed by atoms with Crippen LogP contribution in [0.25, 0.3) is 0 Å². The van der Waals surface area contributed by atoms with Gasteiger partial charge in [-0.2, -0.15) is 0 Å². The van der Waals surface area contributed by atoms with E-state index in [2.05, 4.69) is 9.62 Å². The van der Waals surface area contributed by atoms with Crippen LogP contribution in [0.2, 0.25) is 0 Å². The van der Waals surface area contributed by atoms with Gasteiger partial charge in [0.25, 0.3) is 10.0 Å². The number of carbonyl (C=O) groups excluding carboxylic acids is 1. The molecule has 27 heavy (non-hydrogen) atoms. The van der Waals surface area contributed by atoms with Crippen molar-refractivity contribution in [1.29, 1.82) is 0 Å². The van der Waals surface area contributed by atoms with Gasteiger partial charge in [0, 0.05) is 44.5 Å². The van der Waals surface area contributed by atoms with Gasteiger partial charge in [-0.1, -0.05) is 17.7 Å². The first-order valence-corrected chi connectivity index (χ1v) is 10.5. The molecule has 6 nitrogen and oxygen atoms in total. The van der Waals surface area contributed by atoms with E-state index in [0.29, 0.717) is 18.8 Å². The molecule has 0 aliphatic carbocycles. The van der Waals surface area contributed by atoms with Gasteiger partial charge in [0.15, 0.2) is 0 Å². The summed E-state index contributed by atoms with van der Waals surface area (Å²) < 4.78 is 28.0. The molecule has 0 aromatic heterocycles. The highest BCUT2D eigenvalue weighted by Crippen LogP contribution is 2.23. The van der Waals surface area contributed by atoms with Crippen molar-refractivity contribution in [3.63, 3.8) is 0 Å². The van der Waals surface area contributed by atoms with Crippen molar-refractivity contribution in [2.75, 3.05) is 35.8 Å². The highest BCUT2D eigenvalue weighted by Gasteiger charge is 2.20. The largest absolute Gasteiger partial charge is 0.368 e. The molecular weight excluding hydrogens is 362 g/mol. The Morgan fingerprint density at radius 3 is 2.15 bits per heavy atom. The zero-order valence-corrected chi connectivity index (χ0v) is 16.7. The van der Waals surface area contributed by atoms with Gasteiger partial charge in [-0.25, -0.2) is 8.42 Å².